The second-order valence-electron chi connectivity index (χ2n) is 6.98. The number of nitro groups is 1. The number of hydrogen-bond donors (Lipinski definition) is 0. The van der Waals surface area contributed by atoms with E-state index in [0.29, 0.717) is 29.1 Å². The van der Waals surface area contributed by atoms with E-state index < -0.39 is 0 Å². The van der Waals surface area contributed by atoms with Gasteiger partial charge in [0.15, 0.2) is 0 Å². The molecule has 0 fully saturated rings. The second-order valence-corrected chi connectivity index (χ2v) is 6.98. The summed E-state index contributed by atoms with van der Waals surface area (Å²) < 4.78 is 5.15. The van der Waals surface area contributed by atoms with Gasteiger partial charge in [-0.3, -0.25) is 14.9 Å². The summed E-state index contributed by atoms with van der Waals surface area (Å²) in [6.07, 6.45) is 0.412. The molecule has 0 spiro atoms. The second kappa shape index (κ2) is 8.68. The number of ether oxygens (including phenoxy) is 1. The van der Waals surface area contributed by atoms with Crippen molar-refractivity contribution < 1.29 is 14.5 Å². The molecular weight excluding hydrogens is 370 g/mol. The lowest BCUT2D eigenvalue weighted by Crippen LogP contribution is -2.22. The lowest BCUT2D eigenvalue weighted by molar-refractivity contribution is -0.483. The van der Waals surface area contributed by atoms with Crippen LogP contribution in [0.25, 0.3) is 0 Å². The van der Waals surface area contributed by atoms with Crippen LogP contribution in [0.1, 0.15) is 31.7 Å². The van der Waals surface area contributed by atoms with Crippen LogP contribution in [0.15, 0.2) is 70.8 Å². The monoisotopic (exact) mass is 393 g/mol. The molecule has 0 radical (unpaired) electrons. The van der Waals surface area contributed by atoms with Crippen molar-refractivity contribution in [3.8, 4) is 5.75 Å². The van der Waals surface area contributed by atoms with E-state index in [2.05, 4.69) is 5.10 Å². The lowest BCUT2D eigenvalue weighted by atomic mass is 9.89. The minimum absolute atomic E-state index is 0.193. The molecule has 7 heteroatoms. The molecule has 2 aromatic rings. The third-order valence-electron chi connectivity index (χ3n) is 4.95. The summed E-state index contributed by atoms with van der Waals surface area (Å²) in [5.74, 6) is 0.158. The van der Waals surface area contributed by atoms with Gasteiger partial charge >= 0.3 is 0 Å². The normalized spacial score (nSPS) is 16.4. The number of rotatable bonds is 7. The number of methoxy groups -OCH3 is 1. The highest BCUT2D eigenvalue weighted by Gasteiger charge is 2.31. The largest absolute Gasteiger partial charge is 0.497 e. The fourth-order valence-corrected chi connectivity index (χ4v) is 3.56. The minimum Gasteiger partial charge on any atom is -0.497 e. The van der Waals surface area contributed by atoms with Gasteiger partial charge in [0.2, 0.25) is 6.54 Å². The van der Waals surface area contributed by atoms with Gasteiger partial charge in [0.05, 0.1) is 30.0 Å². The van der Waals surface area contributed by atoms with Crippen molar-refractivity contribution in [2.75, 3.05) is 18.7 Å². The molecule has 0 aliphatic carbocycles. The smallest absolute Gasteiger partial charge is 0.280 e. The van der Waals surface area contributed by atoms with Crippen molar-refractivity contribution in [2.45, 2.75) is 26.2 Å². The van der Waals surface area contributed by atoms with Crippen molar-refractivity contribution in [1.29, 1.82) is 0 Å². The van der Waals surface area contributed by atoms with Crippen LogP contribution >= 0.6 is 0 Å². The summed E-state index contributed by atoms with van der Waals surface area (Å²) in [7, 11) is 1.58. The Morgan fingerprint density at radius 1 is 1.17 bits per heavy atom. The van der Waals surface area contributed by atoms with Gasteiger partial charge in [0.1, 0.15) is 5.75 Å². The molecule has 0 saturated heterocycles. The number of amides is 1. The maximum absolute atomic E-state index is 13.0. The van der Waals surface area contributed by atoms with E-state index >= 15 is 0 Å². The van der Waals surface area contributed by atoms with Crippen LogP contribution in [-0.4, -0.2) is 30.2 Å². The Labute approximate surface area is 169 Å². The Hall–Kier alpha value is -3.48. The first kappa shape index (κ1) is 20.3. The molecule has 0 saturated carbocycles. The molecule has 7 nitrogen and oxygen atoms in total. The van der Waals surface area contributed by atoms with Gasteiger partial charge in [-0.05, 0) is 50.1 Å². The highest BCUT2D eigenvalue weighted by molar-refractivity contribution is 6.30. The van der Waals surface area contributed by atoms with E-state index in [1.54, 1.807) is 38.3 Å². The average molecular weight is 393 g/mol. The molecule has 0 N–H and O–H groups in total. The summed E-state index contributed by atoms with van der Waals surface area (Å²) in [6, 6.07) is 16.4. The predicted molar refractivity (Wildman–Crippen MR) is 112 cm³/mol. The van der Waals surface area contributed by atoms with E-state index in [9.17, 15) is 14.9 Å². The van der Waals surface area contributed by atoms with Crippen molar-refractivity contribution >= 4 is 17.3 Å². The molecule has 1 heterocycles. The number of anilines is 1. The number of benzene rings is 2. The fraction of sp³-hybridized carbons (Fsp3) is 0.273. The van der Waals surface area contributed by atoms with E-state index in [-0.39, 0.29) is 23.3 Å². The van der Waals surface area contributed by atoms with Crippen molar-refractivity contribution in [3.63, 3.8) is 0 Å². The van der Waals surface area contributed by atoms with E-state index in [4.69, 9.17) is 4.74 Å². The van der Waals surface area contributed by atoms with E-state index in [1.165, 1.54) is 5.01 Å². The molecule has 150 valence electrons. The molecule has 1 aliphatic rings. The van der Waals surface area contributed by atoms with Gasteiger partial charge in [0, 0.05) is 4.92 Å². The number of hydrogen-bond acceptors (Lipinski definition) is 5. The first-order valence-corrected chi connectivity index (χ1v) is 9.31. The van der Waals surface area contributed by atoms with Gasteiger partial charge in [-0.1, -0.05) is 35.9 Å². The van der Waals surface area contributed by atoms with Crippen molar-refractivity contribution in [2.24, 2.45) is 5.10 Å². The minimum atomic E-state index is -0.311. The highest BCUT2D eigenvalue weighted by Crippen LogP contribution is 2.31. The van der Waals surface area contributed by atoms with Gasteiger partial charge < -0.3 is 4.74 Å². The van der Waals surface area contributed by atoms with Crippen LogP contribution in [0.4, 0.5) is 5.69 Å². The Kier molecular flexibility index (Phi) is 6.07. The average Bonchev–Trinajstić information content (AvgIpc) is 3.02. The Morgan fingerprint density at radius 2 is 1.83 bits per heavy atom. The van der Waals surface area contributed by atoms with Crippen LogP contribution < -0.4 is 9.75 Å². The third-order valence-corrected chi connectivity index (χ3v) is 4.95. The lowest BCUT2D eigenvalue weighted by Gasteiger charge is -2.16. The maximum Gasteiger partial charge on any atom is 0.280 e. The van der Waals surface area contributed by atoms with Crippen LogP contribution in [0.5, 0.6) is 5.75 Å². The zero-order valence-electron chi connectivity index (χ0n) is 16.7. The number of carbonyl (C=O) groups excluding carboxylic acids is 1. The van der Waals surface area contributed by atoms with Crippen LogP contribution in [-0.2, 0) is 4.79 Å². The Morgan fingerprint density at radius 3 is 2.41 bits per heavy atom. The first-order valence-electron chi connectivity index (χ1n) is 9.31. The van der Waals surface area contributed by atoms with Gasteiger partial charge in [-0.15, -0.1) is 0 Å². The SMILES string of the molecule is COc1ccc(N2N=C(C)/C(=C(\C)C[C@@H](C[N+](=O)[O-])c3ccccc3)C2=O)cc1. The first-order chi connectivity index (χ1) is 13.9. The summed E-state index contributed by atoms with van der Waals surface area (Å²) in [6.45, 7) is 3.44. The molecule has 0 aromatic heterocycles. The molecule has 0 unspecified atom stereocenters. The number of hydrazone groups is 1. The number of nitrogens with zero attached hydrogens (tertiary/aromatic N) is 3. The molecular formula is C22H23N3O4. The van der Waals surface area contributed by atoms with Crippen LogP contribution in [0.2, 0.25) is 0 Å². The van der Waals surface area contributed by atoms with Crippen LogP contribution in [0.3, 0.4) is 0 Å². The maximum atomic E-state index is 13.0. The number of carbonyl (C=O) groups is 1. The topological polar surface area (TPSA) is 85.0 Å². The predicted octanol–water partition coefficient (Wildman–Crippen LogP) is 4.18. The quantitative estimate of drug-likeness (QED) is 0.401. The zero-order chi connectivity index (χ0) is 21.0. The molecule has 1 aliphatic heterocycles. The van der Waals surface area contributed by atoms with Crippen molar-refractivity contribution in [3.05, 3.63) is 81.4 Å². The van der Waals surface area contributed by atoms with Gasteiger partial charge in [0.25, 0.3) is 5.91 Å². The summed E-state index contributed by atoms with van der Waals surface area (Å²) in [5.41, 5.74) is 3.45. The molecule has 1 atom stereocenters. The molecule has 2 aromatic carbocycles. The van der Waals surface area contributed by atoms with E-state index in [1.807, 2.05) is 37.3 Å². The molecule has 0 bridgehead atoms. The fourth-order valence-electron chi connectivity index (χ4n) is 3.56. The van der Waals surface area contributed by atoms with Crippen molar-refractivity contribution in [1.82, 2.24) is 0 Å². The molecule has 3 rings (SSSR count). The summed E-state index contributed by atoms with van der Waals surface area (Å²) >= 11 is 0. The van der Waals surface area contributed by atoms with Gasteiger partial charge in [-0.2, -0.15) is 10.1 Å². The third kappa shape index (κ3) is 4.51. The van der Waals surface area contributed by atoms with E-state index in [0.717, 1.165) is 11.1 Å². The summed E-state index contributed by atoms with van der Waals surface area (Å²) in [5, 5.41) is 17.0. The number of allylic oxidation sites excluding steroid dienone is 1. The zero-order valence-corrected chi connectivity index (χ0v) is 16.7. The van der Waals surface area contributed by atoms with Gasteiger partial charge in [-0.25, -0.2) is 0 Å². The van der Waals surface area contributed by atoms with Crippen LogP contribution in [0, 0.1) is 10.1 Å². The standard InChI is InChI=1S/C22H23N3O4/c1-15(13-18(14-24(27)28)17-7-5-4-6-8-17)21-16(2)23-25(22(21)26)19-9-11-20(29-3)12-10-19/h4-12,18H,13-14H2,1-3H3/b21-15-/t18-/m0/s1. The Balaban J connectivity index is 1.87. The molecule has 29 heavy (non-hydrogen) atoms. The molecule has 1 amide bonds. The Bertz CT molecular complexity index is 965. The summed E-state index contributed by atoms with van der Waals surface area (Å²) in [4.78, 5) is 23.9. The highest BCUT2D eigenvalue weighted by atomic mass is 16.6.